The van der Waals surface area contributed by atoms with E-state index in [0.29, 0.717) is 33.6 Å². The lowest BCUT2D eigenvalue weighted by Gasteiger charge is -2.25. The van der Waals surface area contributed by atoms with Gasteiger partial charge in [-0.25, -0.2) is 13.1 Å². The average molecular weight is 555 g/mol. The number of hydrogen-bond donors (Lipinski definition) is 1. The van der Waals surface area contributed by atoms with Crippen LogP contribution in [-0.2, 0) is 10.0 Å². The molecule has 3 aromatic carbocycles. The molecule has 0 saturated heterocycles. The summed E-state index contributed by atoms with van der Waals surface area (Å²) in [6.45, 7) is 0.0142. The van der Waals surface area contributed by atoms with E-state index in [2.05, 4.69) is 4.72 Å². The quantitative estimate of drug-likeness (QED) is 0.372. The molecule has 1 aliphatic rings. The summed E-state index contributed by atoms with van der Waals surface area (Å²) in [5.41, 5.74) is 2.28. The largest absolute Gasteiger partial charge is 0.497 e. The van der Waals surface area contributed by atoms with E-state index in [1.54, 1.807) is 30.3 Å². The fourth-order valence-corrected chi connectivity index (χ4v) is 5.59. The molecule has 0 aliphatic carbocycles. The third kappa shape index (κ3) is 5.68. The fourth-order valence-electron chi connectivity index (χ4n) is 3.73. The van der Waals surface area contributed by atoms with Gasteiger partial charge >= 0.3 is 0 Å². The number of sulfonamides is 1. The van der Waals surface area contributed by atoms with Crippen LogP contribution in [0.5, 0.6) is 11.5 Å². The lowest BCUT2D eigenvalue weighted by molar-refractivity contribution is 0.414. The molecule has 7 nitrogen and oxygen atoms in total. The monoisotopic (exact) mass is 553 g/mol. The summed E-state index contributed by atoms with van der Waals surface area (Å²) in [6, 6.07) is 16.9. The van der Waals surface area contributed by atoms with Gasteiger partial charge in [0.1, 0.15) is 11.5 Å². The molecule has 1 atom stereocenters. The summed E-state index contributed by atoms with van der Waals surface area (Å²) in [4.78, 5) is 0.0335. The first-order valence-corrected chi connectivity index (χ1v) is 13.1. The Bertz CT molecular complexity index is 1360. The minimum atomic E-state index is -3.83. The first kappa shape index (κ1) is 25.6. The van der Waals surface area contributed by atoms with Crippen molar-refractivity contribution < 1.29 is 17.9 Å². The Hall–Kier alpha value is -2.49. The fraction of sp³-hybridized carbons (Fsp3) is 0.208. The molecule has 4 rings (SSSR count). The van der Waals surface area contributed by atoms with E-state index in [4.69, 9.17) is 49.4 Å². The third-order valence-electron chi connectivity index (χ3n) is 5.53. The van der Waals surface area contributed by atoms with E-state index in [1.165, 1.54) is 25.3 Å². The Labute approximate surface area is 219 Å². The second-order valence-electron chi connectivity index (χ2n) is 7.72. The van der Waals surface area contributed by atoms with Crippen molar-refractivity contribution in [3.8, 4) is 11.5 Å². The van der Waals surface area contributed by atoms with Crippen molar-refractivity contribution in [2.45, 2.75) is 17.4 Å². The number of hydrazone groups is 1. The Morgan fingerprint density at radius 2 is 1.71 bits per heavy atom. The summed E-state index contributed by atoms with van der Waals surface area (Å²) >= 11 is 18.7. The van der Waals surface area contributed by atoms with Gasteiger partial charge in [-0.05, 0) is 54.1 Å². The molecule has 1 N–H and O–H groups in total. The summed E-state index contributed by atoms with van der Waals surface area (Å²) < 4.78 is 38.7. The normalized spacial score (nSPS) is 15.7. The second-order valence-corrected chi connectivity index (χ2v) is 10.7. The Kier molecular flexibility index (Phi) is 7.78. The van der Waals surface area contributed by atoms with Crippen molar-refractivity contribution in [3.05, 3.63) is 81.3 Å². The Morgan fingerprint density at radius 3 is 2.34 bits per heavy atom. The predicted octanol–water partition coefficient (Wildman–Crippen LogP) is 5.95. The standard InChI is InChI=1S/C24H22Cl3N3O4S/c1-33-18-6-3-15(4-7-18)23-12-17(29-30(23)22-9-5-16(25)11-20(22)26)14-28-35(31,32)19-8-10-24(34-2)21(27)13-19/h3-11,13,23,28H,12,14H2,1-2H3. The van der Waals surface area contributed by atoms with Gasteiger partial charge in [0, 0.05) is 11.4 Å². The number of nitrogens with zero attached hydrogens (tertiary/aromatic N) is 2. The molecule has 0 fully saturated rings. The van der Waals surface area contributed by atoms with Crippen LogP contribution in [0, 0.1) is 0 Å². The van der Waals surface area contributed by atoms with Crippen LogP contribution < -0.4 is 19.2 Å². The van der Waals surface area contributed by atoms with Gasteiger partial charge in [-0.2, -0.15) is 5.10 Å². The summed E-state index contributed by atoms with van der Waals surface area (Å²) in [5, 5.41) is 7.65. The third-order valence-corrected chi connectivity index (χ3v) is 7.76. The first-order chi connectivity index (χ1) is 16.7. The molecule has 0 saturated carbocycles. The van der Waals surface area contributed by atoms with Crippen molar-refractivity contribution in [2.75, 3.05) is 25.8 Å². The lowest BCUT2D eigenvalue weighted by atomic mass is 10.0. The van der Waals surface area contributed by atoms with Gasteiger partial charge < -0.3 is 9.47 Å². The molecular formula is C24H22Cl3N3O4S. The van der Waals surface area contributed by atoms with Gasteiger partial charge in [-0.3, -0.25) is 5.01 Å². The summed E-state index contributed by atoms with van der Waals surface area (Å²) in [5.74, 6) is 1.12. The minimum Gasteiger partial charge on any atom is -0.497 e. The maximum absolute atomic E-state index is 12.9. The number of anilines is 1. The van der Waals surface area contributed by atoms with Crippen molar-refractivity contribution in [3.63, 3.8) is 0 Å². The van der Waals surface area contributed by atoms with Crippen molar-refractivity contribution in [1.82, 2.24) is 4.72 Å². The van der Waals surface area contributed by atoms with Crippen LogP contribution in [0.15, 0.2) is 70.7 Å². The van der Waals surface area contributed by atoms with Crippen LogP contribution in [0.3, 0.4) is 0 Å². The number of rotatable bonds is 8. The smallest absolute Gasteiger partial charge is 0.240 e. The minimum absolute atomic E-state index is 0.0142. The van der Waals surface area contributed by atoms with Gasteiger partial charge in [0.25, 0.3) is 0 Å². The van der Waals surface area contributed by atoms with E-state index in [0.717, 1.165) is 11.3 Å². The highest BCUT2D eigenvalue weighted by atomic mass is 35.5. The zero-order valence-electron chi connectivity index (χ0n) is 18.8. The van der Waals surface area contributed by atoms with E-state index in [9.17, 15) is 8.42 Å². The van der Waals surface area contributed by atoms with Crippen molar-refractivity contribution in [1.29, 1.82) is 0 Å². The van der Waals surface area contributed by atoms with E-state index >= 15 is 0 Å². The molecule has 35 heavy (non-hydrogen) atoms. The predicted molar refractivity (Wildman–Crippen MR) is 140 cm³/mol. The maximum atomic E-state index is 12.9. The van der Waals surface area contributed by atoms with Crippen molar-refractivity contribution in [2.24, 2.45) is 5.10 Å². The molecule has 0 amide bonds. The van der Waals surface area contributed by atoms with Crippen LogP contribution >= 0.6 is 34.8 Å². The molecule has 0 aromatic heterocycles. The Balaban J connectivity index is 1.60. The molecule has 1 unspecified atom stereocenters. The molecule has 3 aromatic rings. The maximum Gasteiger partial charge on any atom is 0.240 e. The number of nitrogens with one attached hydrogen (secondary N) is 1. The molecule has 0 bridgehead atoms. The zero-order valence-corrected chi connectivity index (χ0v) is 21.9. The molecule has 184 valence electrons. The van der Waals surface area contributed by atoms with Gasteiger partial charge in [0.05, 0.1) is 53.1 Å². The zero-order chi connectivity index (χ0) is 25.2. The highest BCUT2D eigenvalue weighted by molar-refractivity contribution is 7.89. The second kappa shape index (κ2) is 10.6. The van der Waals surface area contributed by atoms with Gasteiger partial charge in [-0.1, -0.05) is 46.9 Å². The topological polar surface area (TPSA) is 80.2 Å². The van der Waals surface area contributed by atoms with Gasteiger partial charge in [0.15, 0.2) is 0 Å². The van der Waals surface area contributed by atoms with E-state index in [1.807, 2.05) is 24.3 Å². The van der Waals surface area contributed by atoms with E-state index < -0.39 is 10.0 Å². The van der Waals surface area contributed by atoms with Crippen molar-refractivity contribution >= 4 is 56.2 Å². The highest BCUT2D eigenvalue weighted by Crippen LogP contribution is 2.40. The number of methoxy groups -OCH3 is 2. The average Bonchev–Trinajstić information content (AvgIpc) is 3.27. The Morgan fingerprint density at radius 1 is 0.971 bits per heavy atom. The SMILES string of the molecule is COc1ccc(C2CC(CNS(=O)(=O)c3ccc(OC)c(Cl)c3)=NN2c2ccc(Cl)cc2Cl)cc1. The number of benzene rings is 3. The summed E-state index contributed by atoms with van der Waals surface area (Å²) in [7, 11) is -0.765. The number of hydrogen-bond acceptors (Lipinski definition) is 6. The molecular weight excluding hydrogens is 533 g/mol. The first-order valence-electron chi connectivity index (χ1n) is 10.5. The molecule has 0 spiro atoms. The van der Waals surface area contributed by atoms with Gasteiger partial charge in [0.2, 0.25) is 10.0 Å². The lowest BCUT2D eigenvalue weighted by Crippen LogP contribution is -2.29. The van der Waals surface area contributed by atoms with Gasteiger partial charge in [-0.15, -0.1) is 0 Å². The van der Waals surface area contributed by atoms with Crippen LogP contribution in [-0.4, -0.2) is 34.9 Å². The van der Waals surface area contributed by atoms with Crippen LogP contribution in [0.1, 0.15) is 18.0 Å². The molecule has 0 radical (unpaired) electrons. The van der Waals surface area contributed by atoms with Crippen LogP contribution in [0.2, 0.25) is 15.1 Å². The number of ether oxygens (including phenoxy) is 2. The summed E-state index contributed by atoms with van der Waals surface area (Å²) in [6.07, 6.45) is 0.483. The number of halogens is 3. The molecule has 1 heterocycles. The van der Waals surface area contributed by atoms with Crippen LogP contribution in [0.25, 0.3) is 0 Å². The molecule has 11 heteroatoms. The van der Waals surface area contributed by atoms with Crippen LogP contribution in [0.4, 0.5) is 5.69 Å². The highest BCUT2D eigenvalue weighted by Gasteiger charge is 2.31. The molecule has 1 aliphatic heterocycles. The van der Waals surface area contributed by atoms with E-state index in [-0.39, 0.29) is 22.5 Å².